The van der Waals surface area contributed by atoms with Gasteiger partial charge in [-0.25, -0.2) is 0 Å². The number of methoxy groups -OCH3 is 1. The summed E-state index contributed by atoms with van der Waals surface area (Å²) in [6.07, 6.45) is 2.08. The number of carbonyl (C=O) groups is 1. The van der Waals surface area contributed by atoms with Crippen molar-refractivity contribution >= 4 is 11.6 Å². The molecule has 1 N–H and O–H groups in total. The summed E-state index contributed by atoms with van der Waals surface area (Å²) in [6.45, 7) is 5.37. The average molecular weight is 276 g/mol. The molecule has 110 valence electrons. The van der Waals surface area contributed by atoms with E-state index in [9.17, 15) is 4.79 Å². The quantitative estimate of drug-likeness (QED) is 0.868. The summed E-state index contributed by atoms with van der Waals surface area (Å²) in [5, 5.41) is 3.33. The monoisotopic (exact) mass is 276 g/mol. The van der Waals surface area contributed by atoms with Crippen LogP contribution in [0.1, 0.15) is 30.1 Å². The Morgan fingerprint density at radius 3 is 3.00 bits per heavy atom. The van der Waals surface area contributed by atoms with Crippen LogP contribution in [0, 0.1) is 5.92 Å². The standard InChI is InChI=1S/C16H24N2O2/c1-3-9-17-15-7-5-4-6-14(15)16(19)18-10-8-13(11-18)12-20-2/h4-7,13,17H,3,8-12H2,1-2H3. The molecule has 1 aliphatic rings. The third kappa shape index (κ3) is 3.51. The van der Waals surface area contributed by atoms with Crippen LogP contribution >= 0.6 is 0 Å². The van der Waals surface area contributed by atoms with Gasteiger partial charge >= 0.3 is 0 Å². The van der Waals surface area contributed by atoms with E-state index in [1.807, 2.05) is 29.2 Å². The highest BCUT2D eigenvalue weighted by Gasteiger charge is 2.27. The fourth-order valence-corrected chi connectivity index (χ4v) is 2.64. The predicted molar refractivity (Wildman–Crippen MR) is 81.1 cm³/mol. The maximum Gasteiger partial charge on any atom is 0.255 e. The van der Waals surface area contributed by atoms with E-state index in [4.69, 9.17) is 4.74 Å². The smallest absolute Gasteiger partial charge is 0.255 e. The van der Waals surface area contributed by atoms with E-state index in [2.05, 4.69) is 12.2 Å². The molecule has 4 heteroatoms. The molecule has 4 nitrogen and oxygen atoms in total. The van der Waals surface area contributed by atoms with Gasteiger partial charge in [-0.15, -0.1) is 0 Å². The first-order valence-electron chi connectivity index (χ1n) is 7.37. The lowest BCUT2D eigenvalue weighted by atomic mass is 10.1. The molecule has 0 aromatic heterocycles. The first kappa shape index (κ1) is 14.9. The lowest BCUT2D eigenvalue weighted by molar-refractivity contribution is 0.0776. The topological polar surface area (TPSA) is 41.6 Å². The summed E-state index contributed by atoms with van der Waals surface area (Å²) in [7, 11) is 1.72. The fraction of sp³-hybridized carbons (Fsp3) is 0.562. The third-order valence-corrected chi connectivity index (χ3v) is 3.70. The molecule has 1 heterocycles. The molecule has 1 saturated heterocycles. The van der Waals surface area contributed by atoms with Crippen LogP contribution in [-0.4, -0.2) is 44.2 Å². The van der Waals surface area contributed by atoms with Crippen molar-refractivity contribution < 1.29 is 9.53 Å². The van der Waals surface area contributed by atoms with Gasteiger partial charge in [-0.3, -0.25) is 4.79 Å². The van der Waals surface area contributed by atoms with Crippen LogP contribution in [-0.2, 0) is 4.74 Å². The number of ether oxygens (including phenoxy) is 1. The maximum absolute atomic E-state index is 12.6. The molecule has 1 fully saturated rings. The van der Waals surface area contributed by atoms with E-state index in [1.165, 1.54) is 0 Å². The van der Waals surface area contributed by atoms with Crippen molar-refractivity contribution in [1.29, 1.82) is 0 Å². The van der Waals surface area contributed by atoms with Gasteiger partial charge in [0.25, 0.3) is 5.91 Å². The zero-order valence-corrected chi connectivity index (χ0v) is 12.4. The van der Waals surface area contributed by atoms with E-state index in [0.717, 1.165) is 50.3 Å². The van der Waals surface area contributed by atoms with Crippen molar-refractivity contribution in [3.63, 3.8) is 0 Å². The lowest BCUT2D eigenvalue weighted by Crippen LogP contribution is -2.30. The number of hydrogen-bond acceptors (Lipinski definition) is 3. The van der Waals surface area contributed by atoms with E-state index in [0.29, 0.717) is 5.92 Å². The van der Waals surface area contributed by atoms with Gasteiger partial charge < -0.3 is 15.0 Å². The summed E-state index contributed by atoms with van der Waals surface area (Å²) in [6, 6.07) is 7.77. The zero-order chi connectivity index (χ0) is 14.4. The van der Waals surface area contributed by atoms with Gasteiger partial charge in [0.2, 0.25) is 0 Å². The molecule has 0 spiro atoms. The maximum atomic E-state index is 12.6. The summed E-state index contributed by atoms with van der Waals surface area (Å²) < 4.78 is 5.19. The van der Waals surface area contributed by atoms with Crippen LogP contribution in [0.3, 0.4) is 0 Å². The first-order chi connectivity index (χ1) is 9.76. The van der Waals surface area contributed by atoms with Gasteiger partial charge in [0.1, 0.15) is 0 Å². The van der Waals surface area contributed by atoms with Crippen LogP contribution < -0.4 is 5.32 Å². The highest BCUT2D eigenvalue weighted by molar-refractivity contribution is 5.99. The lowest BCUT2D eigenvalue weighted by Gasteiger charge is -2.19. The molecule has 1 aromatic carbocycles. The van der Waals surface area contributed by atoms with Crippen molar-refractivity contribution in [3.05, 3.63) is 29.8 Å². The number of rotatable bonds is 6. The number of benzene rings is 1. The second kappa shape index (κ2) is 7.29. The van der Waals surface area contributed by atoms with Crippen LogP contribution in [0.25, 0.3) is 0 Å². The Hall–Kier alpha value is -1.55. The van der Waals surface area contributed by atoms with Crippen LogP contribution in [0.4, 0.5) is 5.69 Å². The Morgan fingerprint density at radius 1 is 1.45 bits per heavy atom. The molecular formula is C16H24N2O2. The van der Waals surface area contributed by atoms with E-state index in [1.54, 1.807) is 7.11 Å². The normalized spacial score (nSPS) is 18.3. The molecule has 0 bridgehead atoms. The number of likely N-dealkylation sites (tertiary alicyclic amines) is 1. The van der Waals surface area contributed by atoms with Crippen molar-refractivity contribution in [2.45, 2.75) is 19.8 Å². The molecule has 20 heavy (non-hydrogen) atoms. The fourth-order valence-electron chi connectivity index (χ4n) is 2.64. The molecule has 1 amide bonds. The highest BCUT2D eigenvalue weighted by atomic mass is 16.5. The minimum Gasteiger partial charge on any atom is -0.384 e. The Bertz CT molecular complexity index is 448. The predicted octanol–water partition coefficient (Wildman–Crippen LogP) is 2.62. The van der Waals surface area contributed by atoms with Crippen molar-refractivity contribution in [2.24, 2.45) is 5.92 Å². The largest absolute Gasteiger partial charge is 0.384 e. The van der Waals surface area contributed by atoms with Gasteiger partial charge in [0, 0.05) is 38.3 Å². The van der Waals surface area contributed by atoms with Crippen LogP contribution in [0.5, 0.6) is 0 Å². The minimum absolute atomic E-state index is 0.128. The molecule has 1 unspecified atom stereocenters. The summed E-state index contributed by atoms with van der Waals surface area (Å²) in [5.74, 6) is 0.600. The molecule has 2 rings (SSSR count). The number of anilines is 1. The van der Waals surface area contributed by atoms with E-state index < -0.39 is 0 Å². The Labute approximate surface area is 121 Å². The van der Waals surface area contributed by atoms with Gasteiger partial charge in [-0.1, -0.05) is 19.1 Å². The number of nitrogens with zero attached hydrogens (tertiary/aromatic N) is 1. The average Bonchev–Trinajstić information content (AvgIpc) is 2.94. The van der Waals surface area contributed by atoms with E-state index >= 15 is 0 Å². The van der Waals surface area contributed by atoms with Crippen molar-refractivity contribution in [1.82, 2.24) is 4.90 Å². The second-order valence-electron chi connectivity index (χ2n) is 5.33. The summed E-state index contributed by atoms with van der Waals surface area (Å²) in [5.41, 5.74) is 1.72. The first-order valence-corrected chi connectivity index (χ1v) is 7.37. The molecule has 0 aliphatic carbocycles. The summed E-state index contributed by atoms with van der Waals surface area (Å²) >= 11 is 0. The Kier molecular flexibility index (Phi) is 5.41. The summed E-state index contributed by atoms with van der Waals surface area (Å²) in [4.78, 5) is 14.6. The SMILES string of the molecule is CCCNc1ccccc1C(=O)N1CCC(COC)C1. The van der Waals surface area contributed by atoms with E-state index in [-0.39, 0.29) is 5.91 Å². The molecule has 1 atom stereocenters. The van der Waals surface area contributed by atoms with Gasteiger partial charge in [0.05, 0.1) is 12.2 Å². The Morgan fingerprint density at radius 2 is 2.25 bits per heavy atom. The zero-order valence-electron chi connectivity index (χ0n) is 12.4. The number of nitrogens with one attached hydrogen (secondary N) is 1. The highest BCUT2D eigenvalue weighted by Crippen LogP contribution is 2.22. The number of amides is 1. The minimum atomic E-state index is 0.128. The van der Waals surface area contributed by atoms with Crippen molar-refractivity contribution in [3.8, 4) is 0 Å². The number of hydrogen-bond donors (Lipinski definition) is 1. The number of para-hydroxylation sites is 1. The number of carbonyl (C=O) groups excluding carboxylic acids is 1. The van der Waals surface area contributed by atoms with Gasteiger partial charge in [-0.05, 0) is 25.0 Å². The van der Waals surface area contributed by atoms with Gasteiger partial charge in [0.15, 0.2) is 0 Å². The molecular weight excluding hydrogens is 252 g/mol. The second-order valence-corrected chi connectivity index (χ2v) is 5.33. The van der Waals surface area contributed by atoms with Crippen LogP contribution in [0.2, 0.25) is 0 Å². The van der Waals surface area contributed by atoms with Crippen molar-refractivity contribution in [2.75, 3.05) is 38.7 Å². The molecule has 1 aliphatic heterocycles. The molecule has 1 aromatic rings. The Balaban J connectivity index is 2.05. The van der Waals surface area contributed by atoms with Gasteiger partial charge in [-0.2, -0.15) is 0 Å². The molecule has 0 saturated carbocycles. The third-order valence-electron chi connectivity index (χ3n) is 3.70. The molecule has 0 radical (unpaired) electrons. The van der Waals surface area contributed by atoms with Crippen LogP contribution in [0.15, 0.2) is 24.3 Å².